The fourth-order valence-corrected chi connectivity index (χ4v) is 2.88. The number of amides is 1. The van der Waals surface area contributed by atoms with Crippen LogP contribution in [0.15, 0.2) is 47.7 Å². The number of ether oxygens (including phenoxy) is 4. The van der Waals surface area contributed by atoms with Gasteiger partial charge in [0.15, 0.2) is 23.0 Å². The van der Waals surface area contributed by atoms with E-state index in [-0.39, 0.29) is 12.7 Å². The molecule has 0 saturated carbocycles. The molecule has 1 aliphatic heterocycles. The number of carbonyl (C=O) groups excluding carboxylic acids is 1. The van der Waals surface area contributed by atoms with Gasteiger partial charge in [0, 0.05) is 16.7 Å². The molecule has 148 valence electrons. The van der Waals surface area contributed by atoms with Crippen molar-refractivity contribution in [3.63, 3.8) is 0 Å². The summed E-state index contributed by atoms with van der Waals surface area (Å²) in [5, 5.41) is 11.0. The topological polar surface area (TPSA) is 107 Å². The molecule has 2 N–H and O–H groups in total. The minimum atomic E-state index is -0.365. The van der Waals surface area contributed by atoms with Crippen LogP contribution in [0.3, 0.4) is 0 Å². The number of rotatable bonds is 6. The fraction of sp³-hybridized carbons (Fsp3) is 0.150. The number of fused-ring (bicyclic) bond motifs is 1. The molecular formula is C20H18N4O5. The van der Waals surface area contributed by atoms with E-state index in [0.717, 1.165) is 11.3 Å². The van der Waals surface area contributed by atoms with Crippen molar-refractivity contribution in [3.05, 3.63) is 53.7 Å². The van der Waals surface area contributed by atoms with Gasteiger partial charge in [0.1, 0.15) is 0 Å². The van der Waals surface area contributed by atoms with Crippen LogP contribution in [0, 0.1) is 0 Å². The molecule has 1 aromatic heterocycles. The molecule has 0 bridgehead atoms. The van der Waals surface area contributed by atoms with E-state index in [2.05, 4.69) is 20.7 Å². The first-order valence-electron chi connectivity index (χ1n) is 8.68. The van der Waals surface area contributed by atoms with Crippen LogP contribution in [0.4, 0.5) is 0 Å². The average molecular weight is 394 g/mol. The summed E-state index contributed by atoms with van der Waals surface area (Å²) < 4.78 is 21.1. The first kappa shape index (κ1) is 18.4. The zero-order chi connectivity index (χ0) is 20.2. The highest BCUT2D eigenvalue weighted by atomic mass is 16.7. The largest absolute Gasteiger partial charge is 0.493 e. The summed E-state index contributed by atoms with van der Waals surface area (Å²) in [6.07, 6.45) is 3.13. The van der Waals surface area contributed by atoms with Crippen molar-refractivity contribution in [3.8, 4) is 34.3 Å². The molecule has 0 saturated heterocycles. The van der Waals surface area contributed by atoms with E-state index < -0.39 is 0 Å². The second-order valence-electron chi connectivity index (χ2n) is 6.04. The Hall–Kier alpha value is -4.01. The molecular weight excluding hydrogens is 376 g/mol. The van der Waals surface area contributed by atoms with Crippen LogP contribution in [0.25, 0.3) is 11.3 Å². The number of hydrazone groups is 1. The molecule has 29 heavy (non-hydrogen) atoms. The van der Waals surface area contributed by atoms with E-state index in [1.165, 1.54) is 6.21 Å². The Balaban J connectivity index is 1.49. The number of hydrogen-bond acceptors (Lipinski definition) is 7. The number of carbonyl (C=O) groups is 1. The smallest absolute Gasteiger partial charge is 0.271 e. The maximum Gasteiger partial charge on any atom is 0.271 e. The molecule has 0 radical (unpaired) electrons. The first-order chi connectivity index (χ1) is 14.2. The second kappa shape index (κ2) is 7.93. The predicted molar refractivity (Wildman–Crippen MR) is 105 cm³/mol. The fourth-order valence-electron chi connectivity index (χ4n) is 2.88. The molecule has 3 aromatic rings. The Labute approximate surface area is 166 Å². The standard InChI is InChI=1S/C20H18N4O5/c1-26-15-5-3-12(7-17(15)27-2)19-14(9-21-23-19)10-22-24-20(25)13-4-6-16-18(8-13)29-11-28-16/h3-10H,11H2,1-2H3,(H,21,23)(H,24,25)/b22-10+. The van der Waals surface area contributed by atoms with Gasteiger partial charge in [-0.05, 0) is 36.4 Å². The Kier molecular flexibility index (Phi) is 5.02. The van der Waals surface area contributed by atoms with Crippen molar-refractivity contribution in [2.75, 3.05) is 21.0 Å². The number of H-pyrrole nitrogens is 1. The highest BCUT2D eigenvalue weighted by Crippen LogP contribution is 2.33. The molecule has 2 aromatic carbocycles. The van der Waals surface area contributed by atoms with Crippen molar-refractivity contribution < 1.29 is 23.7 Å². The van der Waals surface area contributed by atoms with Gasteiger partial charge in [0.05, 0.1) is 32.3 Å². The van der Waals surface area contributed by atoms with Gasteiger partial charge in [-0.15, -0.1) is 0 Å². The molecule has 0 fully saturated rings. The van der Waals surface area contributed by atoms with Crippen LogP contribution < -0.4 is 24.4 Å². The van der Waals surface area contributed by atoms with Gasteiger partial charge < -0.3 is 18.9 Å². The van der Waals surface area contributed by atoms with Gasteiger partial charge in [0.2, 0.25) is 6.79 Å². The lowest BCUT2D eigenvalue weighted by atomic mass is 10.1. The highest BCUT2D eigenvalue weighted by molar-refractivity contribution is 5.96. The lowest BCUT2D eigenvalue weighted by molar-refractivity contribution is 0.0954. The van der Waals surface area contributed by atoms with E-state index in [9.17, 15) is 4.79 Å². The van der Waals surface area contributed by atoms with Crippen LogP contribution in [-0.2, 0) is 0 Å². The van der Waals surface area contributed by atoms with Gasteiger partial charge >= 0.3 is 0 Å². The predicted octanol–water partition coefficient (Wildman–Crippen LogP) is 2.59. The van der Waals surface area contributed by atoms with E-state index >= 15 is 0 Å². The van der Waals surface area contributed by atoms with Crippen LogP contribution in [0.1, 0.15) is 15.9 Å². The summed E-state index contributed by atoms with van der Waals surface area (Å²) in [5.41, 5.74) is 5.17. The molecule has 0 aliphatic carbocycles. The zero-order valence-corrected chi connectivity index (χ0v) is 15.8. The molecule has 2 heterocycles. The van der Waals surface area contributed by atoms with Gasteiger partial charge in [0.25, 0.3) is 5.91 Å². The molecule has 1 amide bonds. The zero-order valence-electron chi connectivity index (χ0n) is 15.8. The SMILES string of the molecule is COc1ccc(-c2[nH]ncc2/C=N/NC(=O)c2ccc3c(c2)OCO3)cc1OC. The quantitative estimate of drug-likeness (QED) is 0.492. The minimum absolute atomic E-state index is 0.151. The number of aromatic nitrogens is 2. The summed E-state index contributed by atoms with van der Waals surface area (Å²) in [6, 6.07) is 10.4. The van der Waals surface area contributed by atoms with Gasteiger partial charge in [-0.25, -0.2) is 5.43 Å². The maximum absolute atomic E-state index is 12.3. The van der Waals surface area contributed by atoms with Crippen LogP contribution >= 0.6 is 0 Å². The molecule has 9 nitrogen and oxygen atoms in total. The average Bonchev–Trinajstić information content (AvgIpc) is 3.41. The van der Waals surface area contributed by atoms with Crippen molar-refractivity contribution in [1.82, 2.24) is 15.6 Å². The monoisotopic (exact) mass is 394 g/mol. The maximum atomic E-state index is 12.3. The molecule has 0 atom stereocenters. The van der Waals surface area contributed by atoms with Crippen LogP contribution in [0.2, 0.25) is 0 Å². The lowest BCUT2D eigenvalue weighted by Crippen LogP contribution is -2.17. The van der Waals surface area contributed by atoms with Crippen molar-refractivity contribution in [1.29, 1.82) is 0 Å². The summed E-state index contributed by atoms with van der Waals surface area (Å²) >= 11 is 0. The van der Waals surface area contributed by atoms with E-state index in [0.29, 0.717) is 34.1 Å². The summed E-state index contributed by atoms with van der Waals surface area (Å²) in [5.74, 6) is 2.01. The van der Waals surface area contributed by atoms with Crippen molar-refractivity contribution in [2.45, 2.75) is 0 Å². The number of methoxy groups -OCH3 is 2. The number of benzene rings is 2. The third kappa shape index (κ3) is 3.70. The number of hydrogen-bond donors (Lipinski definition) is 2. The number of nitrogens with one attached hydrogen (secondary N) is 2. The Bertz CT molecular complexity index is 1080. The van der Waals surface area contributed by atoms with Gasteiger partial charge in [-0.1, -0.05) is 0 Å². The Morgan fingerprint density at radius 2 is 1.97 bits per heavy atom. The Morgan fingerprint density at radius 1 is 1.14 bits per heavy atom. The summed E-state index contributed by atoms with van der Waals surface area (Å²) in [4.78, 5) is 12.3. The van der Waals surface area contributed by atoms with Crippen molar-refractivity contribution >= 4 is 12.1 Å². The van der Waals surface area contributed by atoms with Crippen LogP contribution in [0.5, 0.6) is 23.0 Å². The summed E-state index contributed by atoms with van der Waals surface area (Å²) in [6.45, 7) is 0.151. The molecule has 1 aliphatic rings. The van der Waals surface area contributed by atoms with Gasteiger partial charge in [-0.2, -0.15) is 10.2 Å². The minimum Gasteiger partial charge on any atom is -0.493 e. The molecule has 0 unspecified atom stereocenters. The lowest BCUT2D eigenvalue weighted by Gasteiger charge is -2.09. The second-order valence-corrected chi connectivity index (χ2v) is 6.04. The normalized spacial score (nSPS) is 12.2. The highest BCUT2D eigenvalue weighted by Gasteiger charge is 2.16. The van der Waals surface area contributed by atoms with E-state index in [1.807, 2.05) is 12.1 Å². The third-order valence-electron chi connectivity index (χ3n) is 4.35. The van der Waals surface area contributed by atoms with E-state index in [1.54, 1.807) is 44.7 Å². The number of nitrogens with zero attached hydrogens (tertiary/aromatic N) is 2. The molecule has 4 rings (SSSR count). The third-order valence-corrected chi connectivity index (χ3v) is 4.35. The van der Waals surface area contributed by atoms with Gasteiger partial charge in [-0.3, -0.25) is 9.89 Å². The van der Waals surface area contributed by atoms with Crippen molar-refractivity contribution in [2.24, 2.45) is 5.10 Å². The first-order valence-corrected chi connectivity index (χ1v) is 8.68. The Morgan fingerprint density at radius 3 is 2.79 bits per heavy atom. The van der Waals surface area contributed by atoms with E-state index in [4.69, 9.17) is 18.9 Å². The van der Waals surface area contributed by atoms with Crippen LogP contribution in [-0.4, -0.2) is 43.3 Å². The molecule has 0 spiro atoms. The summed E-state index contributed by atoms with van der Waals surface area (Å²) in [7, 11) is 3.15. The molecule has 9 heteroatoms. The number of aromatic amines is 1.